The van der Waals surface area contributed by atoms with Crippen molar-refractivity contribution in [3.05, 3.63) is 66.0 Å². The normalized spacial score (nSPS) is 18.1. The summed E-state index contributed by atoms with van der Waals surface area (Å²) in [6.07, 6.45) is 3.81. The van der Waals surface area contributed by atoms with Gasteiger partial charge in [0.2, 0.25) is 15.9 Å². The van der Waals surface area contributed by atoms with E-state index in [0.717, 1.165) is 11.3 Å². The van der Waals surface area contributed by atoms with Crippen molar-refractivity contribution in [1.82, 2.24) is 14.6 Å². The number of nitrogens with one attached hydrogen (secondary N) is 1. The molecule has 0 bridgehead atoms. The average Bonchev–Trinajstić information content (AvgIpc) is 2.69. The molecule has 1 aliphatic rings. The Labute approximate surface area is 160 Å². The largest absolute Gasteiger partial charge is 0.355 e. The van der Waals surface area contributed by atoms with Crippen molar-refractivity contribution in [2.75, 3.05) is 19.6 Å². The molecule has 0 aliphatic carbocycles. The number of rotatable bonds is 7. The van der Waals surface area contributed by atoms with Gasteiger partial charge in [0.05, 0.1) is 11.7 Å². The van der Waals surface area contributed by atoms with Crippen molar-refractivity contribution in [3.63, 3.8) is 0 Å². The minimum atomic E-state index is -3.42. The van der Waals surface area contributed by atoms with E-state index in [-0.39, 0.29) is 24.1 Å². The number of carbonyl (C=O) groups is 1. The third-order valence-electron chi connectivity index (χ3n) is 4.75. The fraction of sp³-hybridized carbons (Fsp3) is 0.400. The number of piperidine rings is 1. The Morgan fingerprint density at radius 3 is 2.67 bits per heavy atom. The summed E-state index contributed by atoms with van der Waals surface area (Å²) in [6.45, 7) is 1.24. The van der Waals surface area contributed by atoms with Crippen molar-refractivity contribution < 1.29 is 13.2 Å². The number of amides is 1. The molecule has 1 N–H and O–H groups in total. The zero-order chi connectivity index (χ0) is 19.1. The van der Waals surface area contributed by atoms with Gasteiger partial charge in [-0.15, -0.1) is 0 Å². The summed E-state index contributed by atoms with van der Waals surface area (Å²) >= 11 is 0. The molecule has 1 fully saturated rings. The van der Waals surface area contributed by atoms with Gasteiger partial charge in [0, 0.05) is 37.9 Å². The zero-order valence-corrected chi connectivity index (χ0v) is 16.1. The second-order valence-electron chi connectivity index (χ2n) is 6.80. The third-order valence-corrected chi connectivity index (χ3v) is 6.56. The summed E-state index contributed by atoms with van der Waals surface area (Å²) in [4.78, 5) is 16.7. The van der Waals surface area contributed by atoms with Crippen LogP contribution in [0.15, 0.2) is 54.7 Å². The highest BCUT2D eigenvalue weighted by atomic mass is 32.2. The molecule has 1 saturated heterocycles. The molecule has 6 nitrogen and oxygen atoms in total. The summed E-state index contributed by atoms with van der Waals surface area (Å²) in [7, 11) is -3.42. The lowest BCUT2D eigenvalue weighted by molar-refractivity contribution is -0.126. The lowest BCUT2D eigenvalue weighted by Gasteiger charge is -2.31. The summed E-state index contributed by atoms with van der Waals surface area (Å²) in [6, 6.07) is 14.8. The van der Waals surface area contributed by atoms with Gasteiger partial charge in [-0.1, -0.05) is 36.4 Å². The fourth-order valence-corrected chi connectivity index (χ4v) is 4.90. The van der Waals surface area contributed by atoms with Gasteiger partial charge in [0.1, 0.15) is 0 Å². The first kappa shape index (κ1) is 19.5. The smallest absolute Gasteiger partial charge is 0.224 e. The maximum absolute atomic E-state index is 12.7. The van der Waals surface area contributed by atoms with Gasteiger partial charge in [-0.3, -0.25) is 9.78 Å². The molecule has 144 valence electrons. The van der Waals surface area contributed by atoms with Gasteiger partial charge in [0.15, 0.2) is 0 Å². The summed E-state index contributed by atoms with van der Waals surface area (Å²) < 4.78 is 26.9. The van der Waals surface area contributed by atoms with Crippen LogP contribution in [0.3, 0.4) is 0 Å². The molecular formula is C20H25N3O3S. The van der Waals surface area contributed by atoms with Crippen LogP contribution in [0.2, 0.25) is 0 Å². The highest BCUT2D eigenvalue weighted by Crippen LogP contribution is 2.21. The van der Waals surface area contributed by atoms with E-state index < -0.39 is 10.0 Å². The first-order valence-electron chi connectivity index (χ1n) is 9.24. The van der Waals surface area contributed by atoms with Gasteiger partial charge >= 0.3 is 0 Å². The Hall–Kier alpha value is -2.25. The first-order valence-corrected chi connectivity index (χ1v) is 10.8. The van der Waals surface area contributed by atoms with Crippen LogP contribution in [-0.2, 0) is 27.0 Å². The van der Waals surface area contributed by atoms with Crippen LogP contribution < -0.4 is 5.32 Å². The van der Waals surface area contributed by atoms with E-state index in [4.69, 9.17) is 0 Å². The number of sulfonamides is 1. The molecule has 0 spiro atoms. The van der Waals surface area contributed by atoms with E-state index >= 15 is 0 Å². The maximum Gasteiger partial charge on any atom is 0.224 e. The minimum Gasteiger partial charge on any atom is -0.355 e. The second-order valence-corrected chi connectivity index (χ2v) is 8.77. The van der Waals surface area contributed by atoms with E-state index in [1.807, 2.05) is 48.5 Å². The van der Waals surface area contributed by atoms with E-state index in [9.17, 15) is 13.2 Å². The number of aromatic nitrogens is 1. The highest BCUT2D eigenvalue weighted by molar-refractivity contribution is 7.88. The van der Waals surface area contributed by atoms with Gasteiger partial charge in [-0.25, -0.2) is 12.7 Å². The first-order chi connectivity index (χ1) is 13.0. The minimum absolute atomic E-state index is 0.0259. The summed E-state index contributed by atoms with van der Waals surface area (Å²) in [5.74, 6) is -0.402. The quantitative estimate of drug-likeness (QED) is 0.788. The van der Waals surface area contributed by atoms with Gasteiger partial charge in [-0.05, 0) is 30.5 Å². The van der Waals surface area contributed by atoms with Crippen LogP contribution in [0.25, 0.3) is 0 Å². The van der Waals surface area contributed by atoms with Crippen LogP contribution in [0, 0.1) is 5.92 Å². The predicted molar refractivity (Wildman–Crippen MR) is 104 cm³/mol. The topological polar surface area (TPSA) is 79.4 Å². The van der Waals surface area contributed by atoms with Crippen molar-refractivity contribution in [2.45, 2.75) is 25.0 Å². The Bertz CT molecular complexity index is 841. The molecule has 1 aromatic carbocycles. The molecule has 27 heavy (non-hydrogen) atoms. The van der Waals surface area contributed by atoms with Crippen LogP contribution in [0.1, 0.15) is 24.1 Å². The standard InChI is InChI=1S/C20H25N3O3S/c24-20(22-13-11-19-10-4-5-12-21-19)18-9-6-14-23(15-18)27(25,26)16-17-7-2-1-3-8-17/h1-5,7-8,10,12,18H,6,9,11,13-16H2,(H,22,24)/t18-/m0/s1. The monoisotopic (exact) mass is 387 g/mol. The molecule has 0 radical (unpaired) electrons. The Balaban J connectivity index is 1.52. The van der Waals surface area contributed by atoms with Gasteiger partial charge < -0.3 is 5.32 Å². The lowest BCUT2D eigenvalue weighted by Crippen LogP contribution is -2.46. The van der Waals surface area contributed by atoms with E-state index in [1.54, 1.807) is 6.20 Å². The van der Waals surface area contributed by atoms with Gasteiger partial charge in [-0.2, -0.15) is 0 Å². The maximum atomic E-state index is 12.7. The Kier molecular flexibility index (Phi) is 6.58. The molecule has 0 unspecified atom stereocenters. The Morgan fingerprint density at radius 2 is 1.93 bits per heavy atom. The van der Waals surface area contributed by atoms with E-state index in [2.05, 4.69) is 10.3 Å². The van der Waals surface area contributed by atoms with Crippen molar-refractivity contribution in [2.24, 2.45) is 5.92 Å². The highest BCUT2D eigenvalue weighted by Gasteiger charge is 2.32. The van der Waals surface area contributed by atoms with Crippen molar-refractivity contribution >= 4 is 15.9 Å². The van der Waals surface area contributed by atoms with Crippen LogP contribution >= 0.6 is 0 Å². The van der Waals surface area contributed by atoms with Crippen molar-refractivity contribution in [1.29, 1.82) is 0 Å². The number of hydrogen-bond donors (Lipinski definition) is 1. The SMILES string of the molecule is O=C(NCCc1ccccn1)[C@H]1CCCN(S(=O)(=O)Cc2ccccc2)C1. The molecule has 1 amide bonds. The van der Waals surface area contributed by atoms with Crippen molar-refractivity contribution in [3.8, 4) is 0 Å². The summed E-state index contributed by atoms with van der Waals surface area (Å²) in [5, 5.41) is 2.92. The number of hydrogen-bond acceptors (Lipinski definition) is 4. The average molecular weight is 388 g/mol. The van der Waals surface area contributed by atoms with Crippen LogP contribution in [0.4, 0.5) is 0 Å². The molecule has 7 heteroatoms. The molecule has 3 rings (SSSR count). The number of nitrogens with zero attached hydrogens (tertiary/aromatic N) is 2. The Morgan fingerprint density at radius 1 is 1.15 bits per heavy atom. The third kappa shape index (κ3) is 5.61. The molecule has 0 saturated carbocycles. The predicted octanol–water partition coefficient (Wildman–Crippen LogP) is 1.98. The summed E-state index contributed by atoms with van der Waals surface area (Å²) in [5.41, 5.74) is 1.69. The molecule has 2 aromatic rings. The molecule has 2 heterocycles. The number of pyridine rings is 1. The molecule has 1 atom stereocenters. The van der Waals surface area contributed by atoms with E-state index in [1.165, 1.54) is 4.31 Å². The van der Waals surface area contributed by atoms with Crippen LogP contribution in [-0.4, -0.2) is 43.2 Å². The molecule has 1 aliphatic heterocycles. The fourth-order valence-electron chi connectivity index (χ4n) is 3.29. The second kappa shape index (κ2) is 9.10. The van der Waals surface area contributed by atoms with E-state index in [0.29, 0.717) is 32.4 Å². The van der Waals surface area contributed by atoms with Gasteiger partial charge in [0.25, 0.3) is 0 Å². The molecule has 1 aromatic heterocycles. The zero-order valence-electron chi connectivity index (χ0n) is 15.3. The lowest BCUT2D eigenvalue weighted by atomic mass is 9.99. The molecular weight excluding hydrogens is 362 g/mol. The number of carbonyl (C=O) groups excluding carboxylic acids is 1. The number of benzene rings is 1. The van der Waals surface area contributed by atoms with Crippen LogP contribution in [0.5, 0.6) is 0 Å².